The van der Waals surface area contributed by atoms with Gasteiger partial charge in [0.25, 0.3) is 0 Å². The lowest BCUT2D eigenvalue weighted by atomic mass is 10.2. The van der Waals surface area contributed by atoms with Crippen molar-refractivity contribution in [2.45, 2.75) is 6.18 Å². The summed E-state index contributed by atoms with van der Waals surface area (Å²) < 4.78 is 35.8. The van der Waals surface area contributed by atoms with E-state index in [0.29, 0.717) is 0 Å². The van der Waals surface area contributed by atoms with Crippen molar-refractivity contribution in [2.24, 2.45) is 0 Å². The van der Waals surface area contributed by atoms with Gasteiger partial charge in [0, 0.05) is 12.1 Å². The largest absolute Gasteiger partial charge is 1.00 e. The van der Waals surface area contributed by atoms with E-state index in [-0.39, 0.29) is 18.1 Å². The number of diazo groups is 1. The first-order chi connectivity index (χ1) is 5.54. The van der Waals surface area contributed by atoms with Gasteiger partial charge in [-0.05, 0) is 12.1 Å². The van der Waals surface area contributed by atoms with Crippen LogP contribution in [0.25, 0.3) is 4.98 Å². The minimum atomic E-state index is -4.34. The van der Waals surface area contributed by atoms with Gasteiger partial charge in [-0.15, -0.1) is 0 Å². The molecule has 0 amide bonds. The lowest BCUT2D eigenvalue weighted by Gasteiger charge is -2.03. The summed E-state index contributed by atoms with van der Waals surface area (Å²) in [6.45, 7) is 0. The standard InChI is InChI=1S/C7H4F3N2.ClH/c8-7(9,10)5-1-3-6(12-11)4-2-5;/h1-4H;1H/q+1;/p-1. The Hall–Kier alpha value is -1.28. The summed E-state index contributed by atoms with van der Waals surface area (Å²) in [6.07, 6.45) is -4.34. The maximum absolute atomic E-state index is 11.9. The molecule has 70 valence electrons. The van der Waals surface area contributed by atoms with E-state index in [2.05, 4.69) is 4.98 Å². The first kappa shape index (κ1) is 11.7. The second-order valence-electron chi connectivity index (χ2n) is 2.14. The Morgan fingerprint density at radius 2 is 1.54 bits per heavy atom. The first-order valence-electron chi connectivity index (χ1n) is 3.06. The molecule has 0 spiro atoms. The molecule has 0 unspecified atom stereocenters. The Morgan fingerprint density at radius 3 is 1.85 bits per heavy atom. The Balaban J connectivity index is 0.00000144. The molecule has 0 saturated carbocycles. The molecule has 1 aromatic rings. The number of hydrogen-bond donors (Lipinski definition) is 0. The van der Waals surface area contributed by atoms with Crippen molar-refractivity contribution < 1.29 is 25.6 Å². The second-order valence-corrected chi connectivity index (χ2v) is 2.14. The highest BCUT2D eigenvalue weighted by molar-refractivity contribution is 5.45. The van der Waals surface area contributed by atoms with E-state index in [9.17, 15) is 13.2 Å². The molecule has 0 aliphatic carbocycles. The molecule has 0 fully saturated rings. The van der Waals surface area contributed by atoms with Crippen LogP contribution in [0.4, 0.5) is 18.9 Å². The summed E-state index contributed by atoms with van der Waals surface area (Å²) in [5, 5.41) is 8.18. The van der Waals surface area contributed by atoms with Crippen LogP contribution in [-0.4, -0.2) is 0 Å². The summed E-state index contributed by atoms with van der Waals surface area (Å²) in [7, 11) is 0. The molecule has 0 aromatic heterocycles. The predicted molar refractivity (Wildman–Crippen MR) is 36.2 cm³/mol. The third kappa shape index (κ3) is 2.92. The highest BCUT2D eigenvalue weighted by Gasteiger charge is 2.30. The van der Waals surface area contributed by atoms with Crippen molar-refractivity contribution in [3.05, 3.63) is 34.8 Å². The van der Waals surface area contributed by atoms with Gasteiger partial charge in [-0.1, -0.05) is 0 Å². The SMILES string of the molecule is N#[N+]c1ccc(C(F)(F)F)cc1.[Cl-]. The van der Waals surface area contributed by atoms with Gasteiger partial charge < -0.3 is 12.4 Å². The maximum atomic E-state index is 11.9. The highest BCUT2D eigenvalue weighted by Crippen LogP contribution is 2.30. The second kappa shape index (κ2) is 4.10. The van der Waals surface area contributed by atoms with Gasteiger partial charge in [-0.3, -0.25) is 0 Å². The summed E-state index contributed by atoms with van der Waals surface area (Å²) >= 11 is 0. The van der Waals surface area contributed by atoms with Crippen LogP contribution in [0.1, 0.15) is 5.56 Å². The quantitative estimate of drug-likeness (QED) is 0.560. The Morgan fingerprint density at radius 1 is 1.08 bits per heavy atom. The molecule has 0 atom stereocenters. The predicted octanol–water partition coefficient (Wildman–Crippen LogP) is 0.194. The zero-order valence-corrected chi connectivity index (χ0v) is 6.97. The summed E-state index contributed by atoms with van der Waals surface area (Å²) in [4.78, 5) is 2.73. The minimum absolute atomic E-state index is 0. The van der Waals surface area contributed by atoms with Crippen molar-refractivity contribution >= 4 is 5.69 Å². The fourth-order valence-corrected chi connectivity index (χ4v) is 0.717. The molecule has 0 radical (unpaired) electrons. The Bertz CT molecular complexity index is 312. The van der Waals surface area contributed by atoms with E-state index in [1.807, 2.05) is 0 Å². The van der Waals surface area contributed by atoms with Gasteiger partial charge in [-0.25, -0.2) is 0 Å². The molecule has 0 aliphatic rings. The van der Waals surface area contributed by atoms with Crippen molar-refractivity contribution in [3.63, 3.8) is 0 Å². The van der Waals surface area contributed by atoms with Crippen molar-refractivity contribution in [2.75, 3.05) is 0 Å². The number of halogens is 4. The molecular weight excluding hydrogens is 205 g/mol. The average molecular weight is 209 g/mol. The van der Waals surface area contributed by atoms with Crippen LogP contribution in [0.5, 0.6) is 0 Å². The van der Waals surface area contributed by atoms with E-state index >= 15 is 0 Å². The van der Waals surface area contributed by atoms with Crippen LogP contribution in [0.15, 0.2) is 24.3 Å². The van der Waals surface area contributed by atoms with E-state index in [1.165, 1.54) is 0 Å². The van der Waals surface area contributed by atoms with Crippen LogP contribution in [0.2, 0.25) is 0 Å². The van der Waals surface area contributed by atoms with Gasteiger partial charge in [-0.2, -0.15) is 13.2 Å². The van der Waals surface area contributed by atoms with Gasteiger partial charge in [0.2, 0.25) is 5.39 Å². The third-order valence-corrected chi connectivity index (χ3v) is 1.31. The minimum Gasteiger partial charge on any atom is -1.00 e. The molecule has 2 nitrogen and oxygen atoms in total. The fourth-order valence-electron chi connectivity index (χ4n) is 0.717. The summed E-state index contributed by atoms with van der Waals surface area (Å²) in [6, 6.07) is 3.88. The first-order valence-corrected chi connectivity index (χ1v) is 3.06. The Kier molecular flexibility index (Phi) is 3.69. The van der Waals surface area contributed by atoms with Crippen LogP contribution >= 0.6 is 0 Å². The molecule has 6 heteroatoms. The third-order valence-electron chi connectivity index (χ3n) is 1.31. The van der Waals surface area contributed by atoms with Gasteiger partial charge in [0.1, 0.15) is 0 Å². The van der Waals surface area contributed by atoms with Crippen LogP contribution < -0.4 is 12.4 Å². The molecule has 0 heterocycles. The highest BCUT2D eigenvalue weighted by atomic mass is 35.5. The van der Waals surface area contributed by atoms with Crippen molar-refractivity contribution in [3.8, 4) is 0 Å². The van der Waals surface area contributed by atoms with Crippen LogP contribution in [-0.2, 0) is 6.18 Å². The lowest BCUT2D eigenvalue weighted by molar-refractivity contribution is -0.137. The summed E-state index contributed by atoms with van der Waals surface area (Å²) in [5.41, 5.74) is -0.655. The van der Waals surface area contributed by atoms with Gasteiger partial charge >= 0.3 is 11.9 Å². The summed E-state index contributed by atoms with van der Waals surface area (Å²) in [5.74, 6) is 0. The Labute approximate surface area is 78.4 Å². The number of alkyl halides is 3. The van der Waals surface area contributed by atoms with E-state index in [4.69, 9.17) is 5.39 Å². The number of nitrogens with zero attached hydrogens (tertiary/aromatic N) is 2. The van der Waals surface area contributed by atoms with E-state index in [0.717, 1.165) is 24.3 Å². The molecule has 1 aromatic carbocycles. The topological polar surface area (TPSA) is 28.1 Å². The number of rotatable bonds is 0. The lowest BCUT2D eigenvalue weighted by Crippen LogP contribution is -3.00. The molecule has 0 bridgehead atoms. The fraction of sp³-hybridized carbons (Fsp3) is 0.143. The molecule has 13 heavy (non-hydrogen) atoms. The zero-order chi connectivity index (χ0) is 9.19. The van der Waals surface area contributed by atoms with Gasteiger partial charge in [0.05, 0.1) is 5.56 Å². The monoisotopic (exact) mass is 208 g/mol. The number of benzene rings is 1. The van der Waals surface area contributed by atoms with Crippen LogP contribution in [0, 0.1) is 5.39 Å². The van der Waals surface area contributed by atoms with Crippen molar-refractivity contribution in [1.29, 1.82) is 5.39 Å². The van der Waals surface area contributed by atoms with Gasteiger partial charge in [0.15, 0.2) is 4.98 Å². The molecule has 0 saturated heterocycles. The molecule has 0 aliphatic heterocycles. The van der Waals surface area contributed by atoms with Crippen LogP contribution in [0.3, 0.4) is 0 Å². The molecule has 0 N–H and O–H groups in total. The van der Waals surface area contributed by atoms with Crippen molar-refractivity contribution in [1.82, 2.24) is 0 Å². The smallest absolute Gasteiger partial charge is 0.416 e. The zero-order valence-electron chi connectivity index (χ0n) is 6.22. The molecular formula is C7H4ClF3N2. The average Bonchev–Trinajstić information content (AvgIpc) is 2.03. The maximum Gasteiger partial charge on any atom is 0.416 e. The normalized spacial score (nSPS) is 10.0. The molecule has 1 rings (SSSR count). The van der Waals surface area contributed by atoms with E-state index < -0.39 is 11.7 Å². The van der Waals surface area contributed by atoms with E-state index in [1.54, 1.807) is 0 Å². The number of hydrogen-bond acceptors (Lipinski definition) is 1.